The van der Waals surface area contributed by atoms with Crippen molar-refractivity contribution >= 4 is 32.5 Å². The van der Waals surface area contributed by atoms with Crippen molar-refractivity contribution in [1.29, 1.82) is 0 Å². The van der Waals surface area contributed by atoms with Gasteiger partial charge in [0.2, 0.25) is 10.0 Å². The molecule has 0 radical (unpaired) electrons. The van der Waals surface area contributed by atoms with Crippen LogP contribution in [0.5, 0.6) is 5.75 Å². The lowest BCUT2D eigenvalue weighted by molar-refractivity contribution is -0.139. The van der Waals surface area contributed by atoms with E-state index in [0.29, 0.717) is 28.6 Å². The fraction of sp³-hybridized carbons (Fsp3) is 0.353. The normalized spacial score (nSPS) is 11.4. The highest BCUT2D eigenvalue weighted by Gasteiger charge is 2.13. The van der Waals surface area contributed by atoms with Crippen LogP contribution in [0.2, 0.25) is 0 Å². The third-order valence-corrected chi connectivity index (χ3v) is 4.87. The van der Waals surface area contributed by atoms with Gasteiger partial charge in [0.15, 0.2) is 6.61 Å². The molecule has 0 amide bonds. The zero-order valence-electron chi connectivity index (χ0n) is 13.5. The minimum Gasteiger partial charge on any atom is -0.481 e. The molecule has 7 heteroatoms. The summed E-state index contributed by atoms with van der Waals surface area (Å²) < 4.78 is 32.3. The molecule has 24 heavy (non-hydrogen) atoms. The van der Waals surface area contributed by atoms with Gasteiger partial charge in [-0.25, -0.2) is 13.2 Å². The van der Waals surface area contributed by atoms with Gasteiger partial charge in [0, 0.05) is 10.8 Å². The Bertz CT molecular complexity index is 817. The molecule has 0 bridgehead atoms. The maximum atomic E-state index is 12.2. The smallest absolute Gasteiger partial charge is 0.341 e. The lowest BCUT2D eigenvalue weighted by Gasteiger charge is -2.13. The first kappa shape index (κ1) is 18.1. The van der Waals surface area contributed by atoms with Crippen LogP contribution >= 0.6 is 0 Å². The number of hydrogen-bond acceptors (Lipinski definition) is 4. The number of ether oxygens (including phenoxy) is 1. The number of sulfonamides is 1. The molecule has 0 aliphatic heterocycles. The van der Waals surface area contributed by atoms with Gasteiger partial charge in [0.25, 0.3) is 0 Å². The molecule has 0 saturated heterocycles. The van der Waals surface area contributed by atoms with Gasteiger partial charge >= 0.3 is 5.97 Å². The summed E-state index contributed by atoms with van der Waals surface area (Å²) in [6.07, 6.45) is 2.43. The zero-order chi connectivity index (χ0) is 17.6. The summed E-state index contributed by atoms with van der Waals surface area (Å²) in [5, 5.41) is 10.1. The summed E-state index contributed by atoms with van der Waals surface area (Å²) >= 11 is 0. The van der Waals surface area contributed by atoms with Crippen LogP contribution in [0, 0.1) is 0 Å². The number of unbranched alkanes of at least 4 members (excludes halogenated alkanes) is 2. The number of carbonyl (C=O) groups is 1. The van der Waals surface area contributed by atoms with Crippen LogP contribution in [-0.2, 0) is 14.8 Å². The Hall–Kier alpha value is -2.28. The van der Waals surface area contributed by atoms with E-state index in [1.54, 1.807) is 36.4 Å². The summed E-state index contributed by atoms with van der Waals surface area (Å²) in [5.74, 6) is -0.589. The Labute approximate surface area is 141 Å². The summed E-state index contributed by atoms with van der Waals surface area (Å²) in [5.41, 5.74) is 0.463. The Morgan fingerprint density at radius 1 is 1.12 bits per heavy atom. The van der Waals surface area contributed by atoms with Crippen molar-refractivity contribution in [3.05, 3.63) is 36.4 Å². The van der Waals surface area contributed by atoms with Gasteiger partial charge in [-0.05, 0) is 18.6 Å². The van der Waals surface area contributed by atoms with Crippen LogP contribution in [0.25, 0.3) is 10.8 Å². The van der Waals surface area contributed by atoms with Gasteiger partial charge in [-0.2, -0.15) is 0 Å². The van der Waals surface area contributed by atoms with Crippen LogP contribution in [0.3, 0.4) is 0 Å². The van der Waals surface area contributed by atoms with Crippen molar-refractivity contribution in [1.82, 2.24) is 0 Å². The van der Waals surface area contributed by atoms with Crippen molar-refractivity contribution in [3.8, 4) is 5.75 Å². The molecule has 0 aromatic heterocycles. The van der Waals surface area contributed by atoms with Gasteiger partial charge in [0.1, 0.15) is 5.75 Å². The fourth-order valence-corrected chi connectivity index (χ4v) is 3.60. The second-order valence-corrected chi connectivity index (χ2v) is 7.31. The minimum atomic E-state index is -3.42. The predicted octanol–water partition coefficient (Wildman–Crippen LogP) is 3.24. The predicted molar refractivity (Wildman–Crippen MR) is 94.0 cm³/mol. The molecule has 2 aromatic rings. The molecule has 6 nitrogen and oxygen atoms in total. The molecule has 0 aliphatic carbocycles. The van der Waals surface area contributed by atoms with Gasteiger partial charge < -0.3 is 9.84 Å². The van der Waals surface area contributed by atoms with Crippen LogP contribution in [0.1, 0.15) is 26.2 Å². The minimum absolute atomic E-state index is 0.0758. The molecule has 0 heterocycles. The largest absolute Gasteiger partial charge is 0.481 e. The van der Waals surface area contributed by atoms with Gasteiger partial charge in [-0.1, -0.05) is 44.0 Å². The SMILES string of the molecule is CCCCCS(=O)(=O)Nc1cccc2c(OCC(=O)O)cccc12. The molecule has 0 atom stereocenters. The van der Waals surface area contributed by atoms with Crippen molar-refractivity contribution in [2.24, 2.45) is 0 Å². The monoisotopic (exact) mass is 351 g/mol. The van der Waals surface area contributed by atoms with Crippen LogP contribution in [0.15, 0.2) is 36.4 Å². The van der Waals surface area contributed by atoms with Crippen LogP contribution in [-0.4, -0.2) is 31.9 Å². The Balaban J connectivity index is 2.28. The van der Waals surface area contributed by atoms with E-state index in [4.69, 9.17) is 9.84 Å². The quantitative estimate of drug-likeness (QED) is 0.677. The fourth-order valence-electron chi connectivity index (χ4n) is 2.40. The standard InChI is InChI=1S/C17H21NO5S/c1-2-3-4-11-24(21,22)18-15-9-5-8-14-13(15)7-6-10-16(14)23-12-17(19)20/h5-10,18H,2-4,11-12H2,1H3,(H,19,20). The first-order valence-corrected chi connectivity index (χ1v) is 9.45. The number of aliphatic carboxylic acids is 1. The molecular formula is C17H21NO5S. The van der Waals surface area contributed by atoms with E-state index in [9.17, 15) is 13.2 Å². The molecule has 2 aromatic carbocycles. The number of carboxylic acid groups (broad SMARTS) is 1. The highest BCUT2D eigenvalue weighted by atomic mass is 32.2. The molecule has 2 rings (SSSR count). The van der Waals surface area contributed by atoms with Gasteiger partial charge in [-0.15, -0.1) is 0 Å². The van der Waals surface area contributed by atoms with Crippen LogP contribution in [0.4, 0.5) is 5.69 Å². The molecule has 0 unspecified atom stereocenters. The number of benzene rings is 2. The van der Waals surface area contributed by atoms with Crippen molar-refractivity contribution in [2.75, 3.05) is 17.1 Å². The zero-order valence-corrected chi connectivity index (χ0v) is 14.3. The summed E-state index contributed by atoms with van der Waals surface area (Å²) in [4.78, 5) is 10.7. The Morgan fingerprint density at radius 2 is 1.83 bits per heavy atom. The second kappa shape index (κ2) is 8.01. The average molecular weight is 351 g/mol. The van der Waals surface area contributed by atoms with E-state index < -0.39 is 22.6 Å². The lowest BCUT2D eigenvalue weighted by Crippen LogP contribution is -2.17. The number of anilines is 1. The number of rotatable bonds is 9. The van der Waals surface area contributed by atoms with Gasteiger partial charge in [-0.3, -0.25) is 4.72 Å². The molecule has 2 N–H and O–H groups in total. The molecule has 0 saturated carbocycles. The second-order valence-electron chi connectivity index (χ2n) is 5.47. The highest BCUT2D eigenvalue weighted by molar-refractivity contribution is 7.92. The number of fused-ring (bicyclic) bond motifs is 1. The lowest BCUT2D eigenvalue weighted by atomic mass is 10.1. The molecule has 0 spiro atoms. The van der Waals surface area contributed by atoms with Crippen molar-refractivity contribution < 1.29 is 23.1 Å². The van der Waals surface area contributed by atoms with E-state index in [2.05, 4.69) is 4.72 Å². The first-order valence-electron chi connectivity index (χ1n) is 7.80. The number of hydrogen-bond donors (Lipinski definition) is 2. The third-order valence-electron chi connectivity index (χ3n) is 3.52. The summed E-state index contributed by atoms with van der Waals surface area (Å²) in [7, 11) is -3.42. The molecule has 0 aliphatic rings. The maximum absolute atomic E-state index is 12.2. The van der Waals surface area contributed by atoms with Crippen molar-refractivity contribution in [3.63, 3.8) is 0 Å². The van der Waals surface area contributed by atoms with E-state index in [-0.39, 0.29) is 5.75 Å². The van der Waals surface area contributed by atoms with Crippen molar-refractivity contribution in [2.45, 2.75) is 26.2 Å². The topological polar surface area (TPSA) is 92.7 Å². The molecule has 130 valence electrons. The Morgan fingerprint density at radius 3 is 2.54 bits per heavy atom. The summed E-state index contributed by atoms with van der Waals surface area (Å²) in [6, 6.07) is 10.3. The molecular weight excluding hydrogens is 330 g/mol. The highest BCUT2D eigenvalue weighted by Crippen LogP contribution is 2.31. The third kappa shape index (κ3) is 4.86. The first-order chi connectivity index (χ1) is 11.4. The molecule has 0 fully saturated rings. The Kier molecular flexibility index (Phi) is 6.03. The average Bonchev–Trinajstić information content (AvgIpc) is 2.53. The van der Waals surface area contributed by atoms with E-state index in [0.717, 1.165) is 12.8 Å². The number of carboxylic acids is 1. The van der Waals surface area contributed by atoms with Gasteiger partial charge in [0.05, 0.1) is 11.4 Å². The number of nitrogens with one attached hydrogen (secondary N) is 1. The van der Waals surface area contributed by atoms with E-state index in [1.807, 2.05) is 6.92 Å². The summed E-state index contributed by atoms with van der Waals surface area (Å²) in [6.45, 7) is 1.56. The van der Waals surface area contributed by atoms with E-state index >= 15 is 0 Å². The van der Waals surface area contributed by atoms with Crippen LogP contribution < -0.4 is 9.46 Å². The maximum Gasteiger partial charge on any atom is 0.341 e. The van der Waals surface area contributed by atoms with E-state index in [1.165, 1.54) is 0 Å².